The zero-order valence-corrected chi connectivity index (χ0v) is 13.2. The van der Waals surface area contributed by atoms with Crippen molar-refractivity contribution < 1.29 is 14.2 Å². The van der Waals surface area contributed by atoms with Gasteiger partial charge in [0.15, 0.2) is 0 Å². The highest BCUT2D eigenvalue weighted by atomic mass is 19.1. The van der Waals surface area contributed by atoms with Gasteiger partial charge in [0.25, 0.3) is 0 Å². The second-order valence-electron chi connectivity index (χ2n) is 5.79. The Balaban J connectivity index is 2.35. The van der Waals surface area contributed by atoms with Crippen LogP contribution in [0.25, 0.3) is 0 Å². The Morgan fingerprint density at radius 2 is 1.90 bits per heavy atom. The van der Waals surface area contributed by atoms with Gasteiger partial charge in [-0.1, -0.05) is 13.8 Å². The molecule has 4 heteroatoms. The number of benzene rings is 1. The highest BCUT2D eigenvalue weighted by Gasteiger charge is 2.42. The zero-order chi connectivity index (χ0) is 15.5. The molecule has 0 spiro atoms. The van der Waals surface area contributed by atoms with Crippen LogP contribution in [0.1, 0.15) is 51.2 Å². The van der Waals surface area contributed by atoms with Gasteiger partial charge in [0.1, 0.15) is 17.7 Å². The standard InChI is InChI=1S/C17H26FNO2/c1-4-17(5-2,19-10-6-7-11-19)16(20)14-9-8-13(21-3)12-15(14)18/h8-9,12,16,20H,4-7,10-11H2,1-3H3. The summed E-state index contributed by atoms with van der Waals surface area (Å²) >= 11 is 0. The fraction of sp³-hybridized carbons (Fsp3) is 0.647. The van der Waals surface area contributed by atoms with E-state index in [1.807, 2.05) is 0 Å². The average Bonchev–Trinajstić information content (AvgIpc) is 3.03. The molecular formula is C17H26FNO2. The third-order valence-corrected chi connectivity index (χ3v) is 4.97. The minimum absolute atomic E-state index is 0.367. The Bertz CT molecular complexity index is 468. The Morgan fingerprint density at radius 1 is 1.29 bits per heavy atom. The van der Waals surface area contributed by atoms with Crippen molar-refractivity contribution in [2.45, 2.75) is 51.2 Å². The lowest BCUT2D eigenvalue weighted by Gasteiger charge is -2.44. The molecule has 1 fully saturated rings. The Morgan fingerprint density at radius 3 is 2.38 bits per heavy atom. The Hall–Kier alpha value is -1.13. The van der Waals surface area contributed by atoms with Crippen molar-refractivity contribution in [3.63, 3.8) is 0 Å². The third-order valence-electron chi connectivity index (χ3n) is 4.97. The molecule has 21 heavy (non-hydrogen) atoms. The molecule has 2 rings (SSSR count). The summed E-state index contributed by atoms with van der Waals surface area (Å²) in [5, 5.41) is 10.9. The molecule has 118 valence electrons. The van der Waals surface area contributed by atoms with E-state index in [9.17, 15) is 9.50 Å². The predicted molar refractivity (Wildman–Crippen MR) is 82.0 cm³/mol. The van der Waals surface area contributed by atoms with Gasteiger partial charge in [-0.2, -0.15) is 0 Å². The SMILES string of the molecule is CCC(CC)(C(O)c1ccc(OC)cc1F)N1CCCC1. The zero-order valence-electron chi connectivity index (χ0n) is 13.2. The number of aliphatic hydroxyl groups excluding tert-OH is 1. The maximum Gasteiger partial charge on any atom is 0.132 e. The number of likely N-dealkylation sites (tertiary alicyclic amines) is 1. The maximum atomic E-state index is 14.3. The molecule has 0 bridgehead atoms. The molecule has 0 amide bonds. The number of aliphatic hydroxyl groups is 1. The van der Waals surface area contributed by atoms with Gasteiger partial charge in [-0.05, 0) is 50.9 Å². The molecule has 1 aliphatic heterocycles. The van der Waals surface area contributed by atoms with E-state index in [4.69, 9.17) is 4.74 Å². The van der Waals surface area contributed by atoms with E-state index in [1.54, 1.807) is 12.1 Å². The molecule has 1 aromatic carbocycles. The van der Waals surface area contributed by atoms with Crippen LogP contribution >= 0.6 is 0 Å². The van der Waals surface area contributed by atoms with Crippen LogP contribution in [0, 0.1) is 5.82 Å². The van der Waals surface area contributed by atoms with Crippen LogP contribution in [0.4, 0.5) is 4.39 Å². The van der Waals surface area contributed by atoms with Gasteiger partial charge in [-0.3, -0.25) is 4.90 Å². The van der Waals surface area contributed by atoms with Crippen LogP contribution in [0.15, 0.2) is 18.2 Å². The van der Waals surface area contributed by atoms with Gasteiger partial charge in [-0.25, -0.2) is 4.39 Å². The minimum atomic E-state index is -0.823. The van der Waals surface area contributed by atoms with E-state index in [0.717, 1.165) is 38.8 Å². The molecule has 1 heterocycles. The van der Waals surface area contributed by atoms with Gasteiger partial charge in [0, 0.05) is 11.6 Å². The van der Waals surface area contributed by atoms with Crippen LogP contribution in [0.3, 0.4) is 0 Å². The first-order valence-corrected chi connectivity index (χ1v) is 7.85. The summed E-state index contributed by atoms with van der Waals surface area (Å²) in [4.78, 5) is 2.33. The Kier molecular flexibility index (Phi) is 5.22. The maximum absolute atomic E-state index is 14.3. The van der Waals surface area contributed by atoms with Crippen LogP contribution in [-0.2, 0) is 0 Å². The second-order valence-corrected chi connectivity index (χ2v) is 5.79. The number of halogens is 1. The number of ether oxygens (including phenoxy) is 1. The molecule has 3 nitrogen and oxygen atoms in total. The monoisotopic (exact) mass is 295 g/mol. The fourth-order valence-corrected chi connectivity index (χ4v) is 3.57. The molecule has 1 unspecified atom stereocenters. The summed E-state index contributed by atoms with van der Waals surface area (Å²) in [5.74, 6) is 0.0792. The van der Waals surface area contributed by atoms with E-state index >= 15 is 0 Å². The van der Waals surface area contributed by atoms with Crippen molar-refractivity contribution in [3.8, 4) is 5.75 Å². The van der Waals surface area contributed by atoms with Crippen LogP contribution < -0.4 is 4.74 Å². The van der Waals surface area contributed by atoms with Gasteiger partial charge < -0.3 is 9.84 Å². The molecule has 0 saturated carbocycles. The number of nitrogens with zero attached hydrogens (tertiary/aromatic N) is 1. The molecule has 0 radical (unpaired) electrons. The van der Waals surface area contributed by atoms with Crippen molar-refractivity contribution in [2.24, 2.45) is 0 Å². The van der Waals surface area contributed by atoms with Gasteiger partial charge >= 0.3 is 0 Å². The molecule has 1 N–H and O–H groups in total. The summed E-state index contributed by atoms with van der Waals surface area (Å²) in [6.07, 6.45) is 3.09. The normalized spacial score (nSPS) is 18.0. The Labute approximate surface area is 126 Å². The highest BCUT2D eigenvalue weighted by molar-refractivity contribution is 5.32. The largest absolute Gasteiger partial charge is 0.497 e. The lowest BCUT2D eigenvalue weighted by atomic mass is 9.81. The van der Waals surface area contributed by atoms with Crippen LogP contribution in [-0.4, -0.2) is 35.7 Å². The van der Waals surface area contributed by atoms with E-state index in [0.29, 0.717) is 11.3 Å². The van der Waals surface area contributed by atoms with Gasteiger partial charge in [0.05, 0.1) is 12.6 Å². The molecule has 1 saturated heterocycles. The van der Waals surface area contributed by atoms with Crippen molar-refractivity contribution in [1.82, 2.24) is 4.90 Å². The predicted octanol–water partition coefficient (Wildman–Crippen LogP) is 3.52. The molecular weight excluding hydrogens is 269 g/mol. The van der Waals surface area contributed by atoms with Crippen molar-refractivity contribution in [1.29, 1.82) is 0 Å². The summed E-state index contributed by atoms with van der Waals surface area (Å²) in [6.45, 7) is 6.12. The van der Waals surface area contributed by atoms with Crippen molar-refractivity contribution in [2.75, 3.05) is 20.2 Å². The molecule has 1 atom stereocenters. The molecule has 0 aromatic heterocycles. The summed E-state index contributed by atoms with van der Waals surface area (Å²) < 4.78 is 19.4. The van der Waals surface area contributed by atoms with E-state index < -0.39 is 11.9 Å². The summed E-state index contributed by atoms with van der Waals surface area (Å²) in [7, 11) is 1.51. The number of hydrogen-bond acceptors (Lipinski definition) is 3. The van der Waals surface area contributed by atoms with Gasteiger partial charge in [0.2, 0.25) is 0 Å². The van der Waals surface area contributed by atoms with Crippen LogP contribution in [0.5, 0.6) is 5.75 Å². The first-order valence-electron chi connectivity index (χ1n) is 7.85. The number of rotatable bonds is 6. The first kappa shape index (κ1) is 16.2. The topological polar surface area (TPSA) is 32.7 Å². The lowest BCUT2D eigenvalue weighted by molar-refractivity contribution is -0.0312. The van der Waals surface area contributed by atoms with E-state index in [2.05, 4.69) is 18.7 Å². The van der Waals surface area contributed by atoms with E-state index in [-0.39, 0.29) is 5.54 Å². The molecule has 1 aliphatic rings. The summed E-state index contributed by atoms with van der Waals surface area (Å²) in [6, 6.07) is 4.70. The quantitative estimate of drug-likeness (QED) is 0.871. The van der Waals surface area contributed by atoms with Gasteiger partial charge in [-0.15, -0.1) is 0 Å². The smallest absolute Gasteiger partial charge is 0.132 e. The third kappa shape index (κ3) is 2.92. The lowest BCUT2D eigenvalue weighted by Crippen LogP contribution is -2.51. The molecule has 0 aliphatic carbocycles. The van der Waals surface area contributed by atoms with Crippen molar-refractivity contribution in [3.05, 3.63) is 29.6 Å². The van der Waals surface area contributed by atoms with Crippen LogP contribution in [0.2, 0.25) is 0 Å². The fourth-order valence-electron chi connectivity index (χ4n) is 3.57. The highest BCUT2D eigenvalue weighted by Crippen LogP contribution is 2.40. The number of methoxy groups -OCH3 is 1. The second kappa shape index (κ2) is 6.75. The van der Waals surface area contributed by atoms with E-state index in [1.165, 1.54) is 13.2 Å². The average molecular weight is 295 g/mol. The summed E-state index contributed by atoms with van der Waals surface area (Å²) in [5.41, 5.74) is -0.0160. The number of hydrogen-bond donors (Lipinski definition) is 1. The van der Waals surface area contributed by atoms with Crippen molar-refractivity contribution >= 4 is 0 Å². The molecule has 1 aromatic rings. The minimum Gasteiger partial charge on any atom is -0.497 e. The first-order chi connectivity index (χ1) is 10.1.